The number of allylic oxidation sites excluding steroid dienone is 2. The number of thioether (sulfide) groups is 1. The van der Waals surface area contributed by atoms with Crippen LogP contribution in [0.5, 0.6) is 0 Å². The molecular weight excluding hydrogens is 348 g/mol. The number of hydrogen-bond acceptors (Lipinski definition) is 4. The van der Waals surface area contributed by atoms with Gasteiger partial charge in [0.1, 0.15) is 11.4 Å². The van der Waals surface area contributed by atoms with Gasteiger partial charge in [0.15, 0.2) is 5.16 Å². The second-order valence-electron chi connectivity index (χ2n) is 2.76. The van der Waals surface area contributed by atoms with Gasteiger partial charge in [0.2, 0.25) is 11.6 Å². The molecule has 7 heteroatoms. The van der Waals surface area contributed by atoms with Gasteiger partial charge in [-0.3, -0.25) is 9.59 Å². The summed E-state index contributed by atoms with van der Waals surface area (Å²) in [6, 6.07) is 0. The minimum Gasteiger partial charge on any atom is -0.330 e. The minimum absolute atomic E-state index is 0.180. The Bertz CT molecular complexity index is 465. The van der Waals surface area contributed by atoms with E-state index in [1.54, 1.807) is 0 Å². The Hall–Kier alpha value is -0.400. The van der Waals surface area contributed by atoms with E-state index < -0.39 is 0 Å². The molecule has 1 heterocycles. The van der Waals surface area contributed by atoms with Crippen LogP contribution in [0.4, 0.5) is 0 Å². The molecule has 15 heavy (non-hydrogen) atoms. The quantitative estimate of drug-likeness (QED) is 0.789. The monoisotopic (exact) mass is 350 g/mol. The van der Waals surface area contributed by atoms with E-state index in [9.17, 15) is 9.59 Å². The van der Waals surface area contributed by atoms with Crippen molar-refractivity contribution in [2.45, 2.75) is 5.16 Å². The van der Waals surface area contributed by atoms with Gasteiger partial charge in [-0.15, -0.1) is 0 Å². The summed E-state index contributed by atoms with van der Waals surface area (Å²) in [6.45, 7) is 0. The zero-order valence-corrected chi connectivity index (χ0v) is 11.4. The minimum atomic E-state index is -0.284. The number of hydrogen-bond donors (Lipinski definition) is 1. The maximum absolute atomic E-state index is 11.7. The van der Waals surface area contributed by atoms with Gasteiger partial charge in [-0.25, -0.2) is 4.98 Å². The lowest BCUT2D eigenvalue weighted by molar-refractivity contribution is 0.0984. The van der Waals surface area contributed by atoms with E-state index >= 15 is 0 Å². The van der Waals surface area contributed by atoms with Gasteiger partial charge in [-0.1, -0.05) is 11.8 Å². The fourth-order valence-electron chi connectivity index (χ4n) is 1.19. The zero-order valence-electron chi connectivity index (χ0n) is 7.43. The summed E-state index contributed by atoms with van der Waals surface area (Å²) in [4.78, 5) is 30.3. The van der Waals surface area contributed by atoms with E-state index in [-0.39, 0.29) is 31.9 Å². The molecule has 0 spiro atoms. The van der Waals surface area contributed by atoms with Crippen LogP contribution in [0.3, 0.4) is 0 Å². The highest BCUT2D eigenvalue weighted by Crippen LogP contribution is 2.32. The van der Waals surface area contributed by atoms with Crippen molar-refractivity contribution in [3.05, 3.63) is 20.4 Å². The van der Waals surface area contributed by atoms with Crippen LogP contribution < -0.4 is 0 Å². The lowest BCUT2D eigenvalue weighted by atomic mass is 10.1. The summed E-state index contributed by atoms with van der Waals surface area (Å²) in [5, 5.41) is 0.559. The summed E-state index contributed by atoms with van der Waals surface area (Å²) in [7, 11) is 0. The lowest BCUT2D eigenvalue weighted by Crippen LogP contribution is -2.17. The molecule has 0 saturated heterocycles. The predicted molar refractivity (Wildman–Crippen MR) is 63.9 cm³/mol. The average molecular weight is 352 g/mol. The Kier molecular flexibility index (Phi) is 2.87. The molecule has 0 saturated carbocycles. The fourth-order valence-corrected chi connectivity index (χ4v) is 2.32. The van der Waals surface area contributed by atoms with E-state index in [0.717, 1.165) is 0 Å². The summed E-state index contributed by atoms with van der Waals surface area (Å²) < 4.78 is 0.454. The van der Waals surface area contributed by atoms with Crippen LogP contribution in [-0.2, 0) is 0 Å². The van der Waals surface area contributed by atoms with Crippen molar-refractivity contribution in [3.63, 3.8) is 0 Å². The Morgan fingerprint density at radius 2 is 1.80 bits per heavy atom. The molecule has 0 unspecified atom stereocenters. The number of ketones is 2. The maximum Gasteiger partial charge on any atom is 0.221 e. The number of halogens is 2. The summed E-state index contributed by atoms with van der Waals surface area (Å²) in [5.74, 6) is -0.544. The molecule has 0 radical (unpaired) electrons. The van der Waals surface area contributed by atoms with Crippen LogP contribution >= 0.6 is 43.6 Å². The molecule has 1 aromatic heterocycles. The molecule has 78 valence electrons. The number of aromatic nitrogens is 2. The molecule has 0 bridgehead atoms. The van der Waals surface area contributed by atoms with Gasteiger partial charge in [0.25, 0.3) is 0 Å². The summed E-state index contributed by atoms with van der Waals surface area (Å²) in [5.41, 5.74) is 0.429. The number of fused-ring (bicyclic) bond motifs is 1. The molecule has 0 aromatic carbocycles. The van der Waals surface area contributed by atoms with Gasteiger partial charge in [0.05, 0.1) is 8.96 Å². The van der Waals surface area contributed by atoms with Crippen molar-refractivity contribution < 1.29 is 9.59 Å². The van der Waals surface area contributed by atoms with Crippen molar-refractivity contribution in [3.8, 4) is 0 Å². The second kappa shape index (κ2) is 3.88. The highest BCUT2D eigenvalue weighted by molar-refractivity contribution is 9.14. The first kappa shape index (κ1) is 11.1. The maximum atomic E-state index is 11.7. The average Bonchev–Trinajstić information content (AvgIpc) is 2.67. The van der Waals surface area contributed by atoms with Gasteiger partial charge >= 0.3 is 0 Å². The molecular formula is C8H4Br2N2O2S. The van der Waals surface area contributed by atoms with Crippen LogP contribution in [0, 0.1) is 0 Å². The lowest BCUT2D eigenvalue weighted by Gasteiger charge is -2.08. The molecule has 0 aliphatic heterocycles. The number of carbonyl (C=O) groups excluding carboxylic acids is 2. The third-order valence-electron chi connectivity index (χ3n) is 1.91. The third kappa shape index (κ3) is 1.62. The van der Waals surface area contributed by atoms with Crippen molar-refractivity contribution in [1.82, 2.24) is 9.97 Å². The number of aromatic amines is 1. The Labute approximate surface area is 106 Å². The zero-order chi connectivity index (χ0) is 11.2. The molecule has 0 fully saturated rings. The van der Waals surface area contributed by atoms with Gasteiger partial charge in [-0.2, -0.15) is 0 Å². The van der Waals surface area contributed by atoms with Crippen LogP contribution in [0.15, 0.2) is 14.1 Å². The first-order valence-electron chi connectivity index (χ1n) is 3.85. The van der Waals surface area contributed by atoms with Crippen LogP contribution in [0.1, 0.15) is 21.0 Å². The summed E-state index contributed by atoms with van der Waals surface area (Å²) >= 11 is 7.48. The molecule has 2 rings (SSSR count). The van der Waals surface area contributed by atoms with Gasteiger partial charge < -0.3 is 4.98 Å². The smallest absolute Gasteiger partial charge is 0.221 e. The second-order valence-corrected chi connectivity index (χ2v) is 5.14. The van der Waals surface area contributed by atoms with Crippen molar-refractivity contribution >= 4 is 55.2 Å². The topological polar surface area (TPSA) is 62.8 Å². The SMILES string of the molecule is CSc1nc2c([nH]1)C(=O)C(Br)=C(Br)C2=O. The van der Waals surface area contributed by atoms with E-state index in [1.807, 2.05) is 6.26 Å². The summed E-state index contributed by atoms with van der Waals surface area (Å²) in [6.07, 6.45) is 1.82. The van der Waals surface area contributed by atoms with Gasteiger partial charge in [-0.05, 0) is 38.1 Å². The number of H-pyrrole nitrogens is 1. The van der Waals surface area contributed by atoms with E-state index in [0.29, 0.717) is 5.16 Å². The molecule has 1 aliphatic rings. The fraction of sp³-hybridized carbons (Fsp3) is 0.125. The first-order valence-corrected chi connectivity index (χ1v) is 6.66. The number of Topliss-reactive ketones (excluding diaryl/α,β-unsaturated/α-hetero) is 2. The largest absolute Gasteiger partial charge is 0.330 e. The number of carbonyl (C=O) groups is 2. The van der Waals surface area contributed by atoms with Crippen molar-refractivity contribution in [1.29, 1.82) is 0 Å². The molecule has 1 aliphatic carbocycles. The van der Waals surface area contributed by atoms with E-state index in [2.05, 4.69) is 41.8 Å². The molecule has 4 nitrogen and oxygen atoms in total. The number of imidazole rings is 1. The Morgan fingerprint density at radius 1 is 1.20 bits per heavy atom. The van der Waals surface area contributed by atoms with E-state index in [1.165, 1.54) is 11.8 Å². The van der Waals surface area contributed by atoms with Crippen LogP contribution in [0.2, 0.25) is 0 Å². The number of rotatable bonds is 1. The third-order valence-corrected chi connectivity index (χ3v) is 4.53. The van der Waals surface area contributed by atoms with Crippen molar-refractivity contribution in [2.24, 2.45) is 0 Å². The Balaban J connectivity index is 2.64. The number of nitrogens with zero attached hydrogens (tertiary/aromatic N) is 1. The predicted octanol–water partition coefficient (Wildman–Crippen LogP) is 2.51. The Morgan fingerprint density at radius 3 is 2.40 bits per heavy atom. The molecule has 1 aromatic rings. The normalized spacial score (nSPS) is 15.9. The highest BCUT2D eigenvalue weighted by atomic mass is 79.9. The highest BCUT2D eigenvalue weighted by Gasteiger charge is 2.33. The first-order chi connectivity index (χ1) is 7.06. The van der Waals surface area contributed by atoms with E-state index in [4.69, 9.17) is 0 Å². The van der Waals surface area contributed by atoms with Crippen LogP contribution in [-0.4, -0.2) is 27.8 Å². The number of nitrogens with one attached hydrogen (secondary N) is 1. The van der Waals surface area contributed by atoms with Crippen LogP contribution in [0.25, 0.3) is 0 Å². The molecule has 0 amide bonds. The molecule has 1 N–H and O–H groups in total. The standard InChI is InChI=1S/C8H4Br2N2O2S/c1-15-8-11-4-5(12-8)7(14)3(10)2(9)6(4)13/h1H3,(H,11,12). The van der Waals surface area contributed by atoms with Crippen molar-refractivity contribution in [2.75, 3.05) is 6.26 Å². The molecule has 0 atom stereocenters. The van der Waals surface area contributed by atoms with Gasteiger partial charge in [0, 0.05) is 0 Å².